The number of rotatable bonds is 6. The van der Waals surface area contributed by atoms with Crippen LogP contribution in [0.4, 0.5) is 4.79 Å². The van der Waals surface area contributed by atoms with E-state index in [4.69, 9.17) is 4.74 Å². The highest BCUT2D eigenvalue weighted by atomic mass is 32.2. The Morgan fingerprint density at radius 1 is 1.21 bits per heavy atom. The van der Waals surface area contributed by atoms with Crippen molar-refractivity contribution in [3.8, 4) is 0 Å². The summed E-state index contributed by atoms with van der Waals surface area (Å²) in [5.74, 6) is 1.74. The van der Waals surface area contributed by atoms with Gasteiger partial charge in [0.25, 0.3) is 0 Å². The minimum Gasteiger partial charge on any atom is -0.465 e. The summed E-state index contributed by atoms with van der Waals surface area (Å²) in [4.78, 5) is 13.5. The average molecular weight is 424 g/mol. The van der Waals surface area contributed by atoms with E-state index in [9.17, 15) is 18.3 Å². The van der Waals surface area contributed by atoms with Gasteiger partial charge < -0.3 is 14.7 Å². The second kappa shape index (κ2) is 8.26. The lowest BCUT2D eigenvalue weighted by Crippen LogP contribution is -2.51. The molecule has 0 radical (unpaired) electrons. The maximum atomic E-state index is 11.6. The lowest BCUT2D eigenvalue weighted by molar-refractivity contribution is 0.0326. The zero-order valence-corrected chi connectivity index (χ0v) is 18.6. The van der Waals surface area contributed by atoms with Gasteiger partial charge in [0.1, 0.15) is 0 Å². The summed E-state index contributed by atoms with van der Waals surface area (Å²) in [6.07, 6.45) is 3.43. The van der Waals surface area contributed by atoms with Crippen molar-refractivity contribution in [3.05, 3.63) is 29.8 Å². The molecule has 0 spiro atoms. The van der Waals surface area contributed by atoms with Crippen molar-refractivity contribution in [2.24, 2.45) is 23.2 Å². The maximum Gasteiger partial charge on any atom is 0.407 e. The number of carboxylic acid groups (broad SMARTS) is 1. The van der Waals surface area contributed by atoms with E-state index >= 15 is 0 Å². The second-order valence-corrected chi connectivity index (χ2v) is 11.7. The zero-order valence-electron chi connectivity index (χ0n) is 17.8. The van der Waals surface area contributed by atoms with Crippen molar-refractivity contribution < 1.29 is 23.1 Å². The molecule has 7 heteroatoms. The molecule has 0 bridgehead atoms. The van der Waals surface area contributed by atoms with Gasteiger partial charge in [-0.05, 0) is 60.1 Å². The summed E-state index contributed by atoms with van der Waals surface area (Å²) in [6.45, 7) is 8.18. The highest BCUT2D eigenvalue weighted by molar-refractivity contribution is 7.90. The Labute approximate surface area is 174 Å². The van der Waals surface area contributed by atoms with Gasteiger partial charge in [-0.25, -0.2) is 13.2 Å². The second-order valence-electron chi connectivity index (χ2n) is 9.73. The molecule has 1 saturated carbocycles. The van der Waals surface area contributed by atoms with Gasteiger partial charge in [0.15, 0.2) is 9.84 Å². The smallest absolute Gasteiger partial charge is 0.407 e. The van der Waals surface area contributed by atoms with E-state index in [0.717, 1.165) is 24.8 Å². The van der Waals surface area contributed by atoms with Crippen LogP contribution in [0.3, 0.4) is 0 Å². The van der Waals surface area contributed by atoms with Crippen LogP contribution in [0.2, 0.25) is 0 Å². The molecule has 1 aromatic rings. The van der Waals surface area contributed by atoms with Crippen LogP contribution in [-0.4, -0.2) is 50.0 Å². The molecule has 2 aliphatic rings. The third-order valence-corrected chi connectivity index (χ3v) is 7.55. The third-order valence-electron chi connectivity index (χ3n) is 6.42. The van der Waals surface area contributed by atoms with Crippen LogP contribution in [0.25, 0.3) is 0 Å². The molecule has 2 unspecified atom stereocenters. The van der Waals surface area contributed by atoms with Crippen LogP contribution in [0.5, 0.6) is 0 Å². The van der Waals surface area contributed by atoms with Crippen LogP contribution in [0.15, 0.2) is 29.2 Å². The number of amides is 1. The molecular weight excluding hydrogens is 390 g/mol. The number of ether oxygens (including phenoxy) is 1. The van der Waals surface area contributed by atoms with Gasteiger partial charge in [0.05, 0.1) is 18.1 Å². The standard InChI is InChI=1S/C22H33NO5S/c1-22(2,3)20-12-16(9-10-23(20)21(24)25)19-11-17(19)14-28-13-15-5-7-18(8-6-15)29(4,26)27/h5-8,16-17,19-20H,9-14H2,1-4H3,(H,24,25)/t16?,17-,19+,20?/m0/s1. The van der Waals surface area contributed by atoms with Gasteiger partial charge in [0, 0.05) is 18.8 Å². The minimum absolute atomic E-state index is 0.0594. The summed E-state index contributed by atoms with van der Waals surface area (Å²) in [5, 5.41) is 9.52. The van der Waals surface area contributed by atoms with Crippen molar-refractivity contribution in [2.45, 2.75) is 57.6 Å². The molecular formula is C22H33NO5S. The van der Waals surface area contributed by atoms with Crippen molar-refractivity contribution in [1.29, 1.82) is 0 Å². The number of benzene rings is 1. The summed E-state index contributed by atoms with van der Waals surface area (Å²) in [7, 11) is -3.17. The topological polar surface area (TPSA) is 83.9 Å². The Morgan fingerprint density at radius 3 is 2.41 bits per heavy atom. The SMILES string of the molecule is CC(C)(C)C1CC([C@H]2C[C@H]2COCc2ccc(S(C)(=O)=O)cc2)CCN1C(=O)O. The molecule has 29 heavy (non-hydrogen) atoms. The first-order valence-electron chi connectivity index (χ1n) is 10.3. The molecule has 1 N–H and O–H groups in total. The van der Waals surface area contributed by atoms with Crippen LogP contribution >= 0.6 is 0 Å². The Hall–Kier alpha value is -1.60. The molecule has 1 heterocycles. The summed E-state index contributed by atoms with van der Waals surface area (Å²) < 4.78 is 28.9. The van der Waals surface area contributed by atoms with Crippen molar-refractivity contribution in [1.82, 2.24) is 4.90 Å². The Kier molecular flexibility index (Phi) is 6.30. The van der Waals surface area contributed by atoms with E-state index < -0.39 is 15.9 Å². The molecule has 1 aromatic carbocycles. The fourth-order valence-electron chi connectivity index (χ4n) is 4.63. The van der Waals surface area contributed by atoms with Gasteiger partial charge in [-0.2, -0.15) is 0 Å². The van der Waals surface area contributed by atoms with Gasteiger partial charge in [0.2, 0.25) is 0 Å². The highest BCUT2D eigenvalue weighted by Gasteiger charge is 2.48. The number of hydrogen-bond acceptors (Lipinski definition) is 4. The molecule has 6 nitrogen and oxygen atoms in total. The predicted octanol–water partition coefficient (Wildman–Crippen LogP) is 4.05. The fraction of sp³-hybridized carbons (Fsp3) is 0.682. The van der Waals surface area contributed by atoms with E-state index in [1.807, 2.05) is 0 Å². The van der Waals surface area contributed by atoms with Gasteiger partial charge in [-0.3, -0.25) is 0 Å². The monoisotopic (exact) mass is 423 g/mol. The van der Waals surface area contributed by atoms with E-state index in [2.05, 4.69) is 20.8 Å². The number of likely N-dealkylation sites (tertiary alicyclic amines) is 1. The number of nitrogens with zero attached hydrogens (tertiary/aromatic N) is 1. The third kappa shape index (κ3) is 5.51. The molecule has 1 amide bonds. The Balaban J connectivity index is 1.47. The number of carbonyl (C=O) groups is 1. The first-order chi connectivity index (χ1) is 13.5. The molecule has 2 fully saturated rings. The first kappa shape index (κ1) is 22.1. The Morgan fingerprint density at radius 2 is 1.86 bits per heavy atom. The molecule has 162 valence electrons. The largest absolute Gasteiger partial charge is 0.465 e. The lowest BCUT2D eigenvalue weighted by Gasteiger charge is -2.45. The predicted molar refractivity (Wildman–Crippen MR) is 112 cm³/mol. The van der Waals surface area contributed by atoms with Crippen molar-refractivity contribution in [2.75, 3.05) is 19.4 Å². The molecule has 4 atom stereocenters. The molecule has 1 saturated heterocycles. The van der Waals surface area contributed by atoms with Crippen LogP contribution in [0, 0.1) is 23.2 Å². The zero-order chi connectivity index (χ0) is 21.4. The molecule has 1 aliphatic heterocycles. The van der Waals surface area contributed by atoms with Gasteiger partial charge in [-0.15, -0.1) is 0 Å². The summed E-state index contributed by atoms with van der Waals surface area (Å²) in [5.41, 5.74) is 0.910. The lowest BCUT2D eigenvalue weighted by atomic mass is 9.75. The summed E-state index contributed by atoms with van der Waals surface area (Å²) in [6, 6.07) is 6.91. The van der Waals surface area contributed by atoms with E-state index in [0.29, 0.717) is 42.4 Å². The van der Waals surface area contributed by atoms with E-state index in [1.54, 1.807) is 29.2 Å². The van der Waals surface area contributed by atoms with Gasteiger partial charge in [-0.1, -0.05) is 32.9 Å². The summed E-state index contributed by atoms with van der Waals surface area (Å²) >= 11 is 0. The van der Waals surface area contributed by atoms with E-state index in [1.165, 1.54) is 6.26 Å². The Bertz CT molecular complexity index is 828. The number of sulfone groups is 1. The molecule has 1 aliphatic carbocycles. The number of piperidine rings is 1. The highest BCUT2D eigenvalue weighted by Crippen LogP contribution is 2.50. The average Bonchev–Trinajstić information content (AvgIpc) is 3.39. The van der Waals surface area contributed by atoms with Crippen LogP contribution in [-0.2, 0) is 21.2 Å². The maximum absolute atomic E-state index is 11.6. The number of hydrogen-bond donors (Lipinski definition) is 1. The van der Waals surface area contributed by atoms with Crippen LogP contribution in [0.1, 0.15) is 45.6 Å². The molecule has 0 aromatic heterocycles. The normalized spacial score (nSPS) is 27.7. The van der Waals surface area contributed by atoms with Crippen molar-refractivity contribution >= 4 is 15.9 Å². The van der Waals surface area contributed by atoms with Crippen molar-refractivity contribution in [3.63, 3.8) is 0 Å². The fourth-order valence-corrected chi connectivity index (χ4v) is 5.26. The van der Waals surface area contributed by atoms with Crippen LogP contribution < -0.4 is 0 Å². The van der Waals surface area contributed by atoms with E-state index in [-0.39, 0.29) is 11.5 Å². The minimum atomic E-state index is -3.17. The quantitative estimate of drug-likeness (QED) is 0.746. The van der Waals surface area contributed by atoms with Gasteiger partial charge >= 0.3 is 6.09 Å². The first-order valence-corrected chi connectivity index (χ1v) is 12.2. The molecule has 3 rings (SSSR count).